The molecule has 1 saturated carbocycles. The number of fused-ring (bicyclic) bond motifs is 1. The number of ether oxygens (including phenoxy) is 1. The number of alkyl carbamates (subject to hydrolysis) is 1. The summed E-state index contributed by atoms with van der Waals surface area (Å²) in [5.74, 6) is -0.304. The summed E-state index contributed by atoms with van der Waals surface area (Å²) < 4.78 is 5.38. The number of hydrogen-bond donors (Lipinski definition) is 3. The zero-order chi connectivity index (χ0) is 28.0. The average molecular weight is 524 g/mol. The van der Waals surface area contributed by atoms with Crippen molar-refractivity contribution in [3.63, 3.8) is 0 Å². The molecule has 1 aliphatic heterocycles. The van der Waals surface area contributed by atoms with Crippen LogP contribution in [0.15, 0.2) is 0 Å². The minimum Gasteiger partial charge on any atom is -0.444 e. The monoisotopic (exact) mass is 523 g/mol. The average Bonchev–Trinajstić information content (AvgIpc) is 3.13. The number of aliphatic hydroxyl groups excluding tert-OH is 1. The molecule has 1 heterocycles. The number of aliphatic hydroxyl groups is 1. The predicted molar refractivity (Wildman–Crippen MR) is 146 cm³/mol. The number of nitrogens with one attached hydrogen (secondary N) is 2. The SMILES string of the molecule is CCCCCCCCC[C@@H](CO)NC(=O)[C@@H]1C2C(CN1C(=O)C(NC(=O)OC(C)(C)C)C(C)C)C2(C)C. The van der Waals surface area contributed by atoms with Crippen molar-refractivity contribution in [2.45, 2.75) is 130 Å². The fourth-order valence-electron chi connectivity index (χ4n) is 5.78. The normalized spacial score (nSPS) is 23.8. The quantitative estimate of drug-likeness (QED) is 0.288. The lowest BCUT2D eigenvalue weighted by molar-refractivity contribution is -0.143. The number of rotatable bonds is 14. The topological polar surface area (TPSA) is 108 Å². The second kappa shape index (κ2) is 13.3. The van der Waals surface area contributed by atoms with Gasteiger partial charge in [-0.25, -0.2) is 4.79 Å². The van der Waals surface area contributed by atoms with Crippen LogP contribution in [0.3, 0.4) is 0 Å². The van der Waals surface area contributed by atoms with Gasteiger partial charge in [-0.1, -0.05) is 79.6 Å². The Morgan fingerprint density at radius 1 is 1.03 bits per heavy atom. The van der Waals surface area contributed by atoms with Gasteiger partial charge in [0, 0.05) is 6.54 Å². The molecule has 0 bridgehead atoms. The maximum atomic E-state index is 13.7. The largest absolute Gasteiger partial charge is 0.444 e. The Morgan fingerprint density at radius 3 is 2.16 bits per heavy atom. The van der Waals surface area contributed by atoms with E-state index in [0.717, 1.165) is 19.3 Å². The molecule has 2 rings (SSSR count). The fourth-order valence-corrected chi connectivity index (χ4v) is 5.78. The highest BCUT2D eigenvalue weighted by Gasteiger charge is 2.69. The molecule has 5 atom stereocenters. The van der Waals surface area contributed by atoms with Gasteiger partial charge in [-0.3, -0.25) is 9.59 Å². The van der Waals surface area contributed by atoms with Gasteiger partial charge < -0.3 is 25.4 Å². The number of carbonyl (C=O) groups excluding carboxylic acids is 3. The van der Waals surface area contributed by atoms with Crippen molar-refractivity contribution in [2.75, 3.05) is 13.2 Å². The van der Waals surface area contributed by atoms with Crippen LogP contribution in [-0.2, 0) is 14.3 Å². The van der Waals surface area contributed by atoms with Gasteiger partial charge in [0.2, 0.25) is 11.8 Å². The second-order valence-electron chi connectivity index (χ2n) is 13.1. The van der Waals surface area contributed by atoms with Crippen LogP contribution in [0.25, 0.3) is 0 Å². The molecule has 0 spiro atoms. The van der Waals surface area contributed by atoms with Crippen molar-refractivity contribution in [1.82, 2.24) is 15.5 Å². The molecule has 37 heavy (non-hydrogen) atoms. The van der Waals surface area contributed by atoms with E-state index in [9.17, 15) is 19.5 Å². The standard InChI is InChI=1S/C29H53N3O5/c1-9-10-11-12-13-14-15-16-20(18-33)30-25(34)24-22-21(29(22,7)8)17-32(24)26(35)23(19(2)3)31-27(36)37-28(4,5)6/h19-24,33H,9-18H2,1-8H3,(H,30,34)(H,31,36)/t20-,21?,22?,23?,24-/m0/s1. The summed E-state index contributed by atoms with van der Waals surface area (Å²) in [6.07, 6.45) is 8.31. The molecule has 214 valence electrons. The van der Waals surface area contributed by atoms with Gasteiger partial charge in [0.25, 0.3) is 0 Å². The summed E-state index contributed by atoms with van der Waals surface area (Å²) in [5.41, 5.74) is -0.691. The smallest absolute Gasteiger partial charge is 0.408 e. The molecule has 3 amide bonds. The molecule has 2 fully saturated rings. The van der Waals surface area contributed by atoms with Crippen molar-refractivity contribution in [1.29, 1.82) is 0 Å². The molecule has 0 aromatic rings. The molecular weight excluding hydrogens is 470 g/mol. The number of likely N-dealkylation sites (tertiary alicyclic amines) is 1. The molecule has 0 aromatic heterocycles. The summed E-state index contributed by atoms with van der Waals surface area (Å²) in [6, 6.07) is -1.70. The molecule has 1 aliphatic carbocycles. The Labute approximate surface area is 224 Å². The third kappa shape index (κ3) is 8.59. The van der Waals surface area contributed by atoms with Crippen LogP contribution >= 0.6 is 0 Å². The molecule has 3 unspecified atom stereocenters. The number of hydrogen-bond acceptors (Lipinski definition) is 5. The van der Waals surface area contributed by atoms with Crippen LogP contribution in [0, 0.1) is 23.2 Å². The van der Waals surface area contributed by atoms with E-state index in [-0.39, 0.29) is 47.6 Å². The Bertz CT molecular complexity index is 776. The van der Waals surface area contributed by atoms with Gasteiger partial charge in [0.1, 0.15) is 17.7 Å². The molecule has 0 aromatic carbocycles. The summed E-state index contributed by atoms with van der Waals surface area (Å²) in [7, 11) is 0. The maximum Gasteiger partial charge on any atom is 0.408 e. The lowest BCUT2D eigenvalue weighted by atomic mass is 9.97. The summed E-state index contributed by atoms with van der Waals surface area (Å²) in [6.45, 7) is 16.0. The predicted octanol–water partition coefficient (Wildman–Crippen LogP) is 4.64. The third-order valence-corrected chi connectivity index (χ3v) is 8.09. The molecule has 8 heteroatoms. The van der Waals surface area contributed by atoms with Crippen molar-refractivity contribution in [3.05, 3.63) is 0 Å². The highest BCUT2D eigenvalue weighted by Crippen LogP contribution is 2.65. The number of nitrogens with zero attached hydrogens (tertiary/aromatic N) is 1. The minimum absolute atomic E-state index is 0.0160. The van der Waals surface area contributed by atoms with E-state index in [4.69, 9.17) is 4.74 Å². The van der Waals surface area contributed by atoms with Gasteiger partial charge in [-0.15, -0.1) is 0 Å². The van der Waals surface area contributed by atoms with Gasteiger partial charge in [-0.05, 0) is 50.4 Å². The minimum atomic E-state index is -0.785. The highest BCUT2D eigenvalue weighted by molar-refractivity contribution is 5.93. The number of piperidine rings is 1. The first-order chi connectivity index (χ1) is 17.2. The number of carbonyl (C=O) groups is 3. The van der Waals surface area contributed by atoms with Crippen LogP contribution in [-0.4, -0.2) is 64.8 Å². The van der Waals surface area contributed by atoms with Gasteiger partial charge >= 0.3 is 6.09 Å². The van der Waals surface area contributed by atoms with E-state index in [0.29, 0.717) is 6.54 Å². The number of amides is 3. The summed E-state index contributed by atoms with van der Waals surface area (Å²) in [5, 5.41) is 15.7. The Kier molecular flexibility index (Phi) is 11.3. The van der Waals surface area contributed by atoms with Crippen molar-refractivity contribution in [2.24, 2.45) is 23.2 Å². The lowest BCUT2D eigenvalue weighted by Gasteiger charge is -2.35. The maximum absolute atomic E-state index is 13.7. The zero-order valence-corrected chi connectivity index (χ0v) is 24.6. The number of unbranched alkanes of at least 4 members (excludes halogenated alkanes) is 6. The first kappa shape index (κ1) is 31.4. The van der Waals surface area contributed by atoms with Gasteiger partial charge in [0.15, 0.2) is 0 Å². The van der Waals surface area contributed by atoms with E-state index < -0.39 is 23.8 Å². The van der Waals surface area contributed by atoms with E-state index in [2.05, 4.69) is 31.4 Å². The van der Waals surface area contributed by atoms with Crippen LogP contribution in [0.4, 0.5) is 4.79 Å². The molecule has 8 nitrogen and oxygen atoms in total. The fraction of sp³-hybridized carbons (Fsp3) is 0.897. The van der Waals surface area contributed by atoms with Crippen LogP contribution in [0.2, 0.25) is 0 Å². The molecule has 1 saturated heterocycles. The Morgan fingerprint density at radius 2 is 1.62 bits per heavy atom. The second-order valence-corrected chi connectivity index (χ2v) is 13.1. The summed E-state index contributed by atoms with van der Waals surface area (Å²) in [4.78, 5) is 41.3. The first-order valence-corrected chi connectivity index (χ1v) is 14.5. The van der Waals surface area contributed by atoms with Gasteiger partial charge in [-0.2, -0.15) is 0 Å². The highest BCUT2D eigenvalue weighted by atomic mass is 16.6. The van der Waals surface area contributed by atoms with Crippen molar-refractivity contribution >= 4 is 17.9 Å². The van der Waals surface area contributed by atoms with E-state index >= 15 is 0 Å². The van der Waals surface area contributed by atoms with Gasteiger partial charge in [0.05, 0.1) is 12.6 Å². The van der Waals surface area contributed by atoms with E-state index in [1.807, 2.05) is 13.8 Å². The third-order valence-electron chi connectivity index (χ3n) is 8.09. The first-order valence-electron chi connectivity index (χ1n) is 14.5. The molecule has 3 N–H and O–H groups in total. The Hall–Kier alpha value is -1.83. The van der Waals surface area contributed by atoms with Crippen LogP contribution in [0.5, 0.6) is 0 Å². The summed E-state index contributed by atoms with van der Waals surface area (Å²) >= 11 is 0. The zero-order valence-electron chi connectivity index (χ0n) is 24.6. The lowest BCUT2D eigenvalue weighted by Crippen LogP contribution is -2.58. The van der Waals surface area contributed by atoms with Crippen LogP contribution in [0.1, 0.15) is 107 Å². The molecule has 2 aliphatic rings. The Balaban J connectivity index is 2.03. The molecule has 0 radical (unpaired) electrons. The van der Waals surface area contributed by atoms with Crippen molar-refractivity contribution < 1.29 is 24.2 Å². The van der Waals surface area contributed by atoms with Crippen molar-refractivity contribution in [3.8, 4) is 0 Å². The molecular formula is C29H53N3O5. The van der Waals surface area contributed by atoms with E-state index in [1.165, 1.54) is 32.1 Å². The van der Waals surface area contributed by atoms with E-state index in [1.54, 1.807) is 25.7 Å². The van der Waals surface area contributed by atoms with Crippen LogP contribution < -0.4 is 10.6 Å².